The van der Waals surface area contributed by atoms with E-state index in [1.807, 2.05) is 45.0 Å². The third kappa shape index (κ3) is 4.19. The lowest BCUT2D eigenvalue weighted by Gasteiger charge is -2.29. The molecule has 7 nitrogen and oxygen atoms in total. The molecule has 0 aliphatic carbocycles. The zero-order chi connectivity index (χ0) is 20.4. The largest absolute Gasteiger partial charge is 0.378 e. The van der Waals surface area contributed by atoms with Crippen LogP contribution < -0.4 is 10.2 Å². The number of anilines is 1. The van der Waals surface area contributed by atoms with Crippen LogP contribution in [0.2, 0.25) is 0 Å². The summed E-state index contributed by atoms with van der Waals surface area (Å²) in [5, 5.41) is 3.83. The fourth-order valence-corrected chi connectivity index (χ4v) is 3.64. The Bertz CT molecular complexity index is 1060. The molecule has 0 radical (unpaired) electrons. The zero-order valence-electron chi connectivity index (χ0n) is 17.0. The summed E-state index contributed by atoms with van der Waals surface area (Å²) in [7, 11) is 0. The molecule has 0 saturated carbocycles. The monoisotopic (exact) mass is 391 g/mol. The highest BCUT2D eigenvalue weighted by Gasteiger charge is 2.22. The SMILES string of the molecule is Cc1cccc(CNC(=O)c2nc(N3CCOCC3)c3c(C)cc(C)nc3n2)c1. The number of aryl methyl sites for hydroxylation is 3. The number of pyridine rings is 1. The molecular weight excluding hydrogens is 366 g/mol. The molecular formula is C22H25N5O2. The number of carbonyl (C=O) groups excluding carboxylic acids is 1. The number of carbonyl (C=O) groups is 1. The topological polar surface area (TPSA) is 80.2 Å². The van der Waals surface area contributed by atoms with Gasteiger partial charge in [0.1, 0.15) is 5.82 Å². The minimum absolute atomic E-state index is 0.143. The first kappa shape index (κ1) is 19.3. The van der Waals surface area contributed by atoms with Crippen LogP contribution in [0.15, 0.2) is 30.3 Å². The van der Waals surface area contributed by atoms with Gasteiger partial charge in [0.15, 0.2) is 5.65 Å². The standard InChI is InChI=1S/C22H25N5O2/c1-14-5-4-6-17(11-14)13-23-22(28)20-25-19-18(15(2)12-16(3)24-19)21(26-20)27-7-9-29-10-8-27/h4-6,11-12H,7-10,13H2,1-3H3,(H,23,28). The van der Waals surface area contributed by atoms with Gasteiger partial charge >= 0.3 is 0 Å². The van der Waals surface area contributed by atoms with Gasteiger partial charge in [-0.25, -0.2) is 15.0 Å². The average molecular weight is 391 g/mol. The lowest BCUT2D eigenvalue weighted by molar-refractivity contribution is 0.0940. The number of hydrogen-bond acceptors (Lipinski definition) is 6. The van der Waals surface area contributed by atoms with Crippen LogP contribution in [0.1, 0.15) is 33.0 Å². The number of rotatable bonds is 4. The molecule has 1 amide bonds. The Labute approximate surface area is 170 Å². The number of fused-ring (bicyclic) bond motifs is 1. The molecule has 0 bridgehead atoms. The molecule has 3 aromatic rings. The number of amides is 1. The third-order valence-corrected chi connectivity index (χ3v) is 5.02. The number of ether oxygens (including phenoxy) is 1. The van der Waals surface area contributed by atoms with Gasteiger partial charge in [-0.1, -0.05) is 29.8 Å². The Balaban J connectivity index is 1.69. The van der Waals surface area contributed by atoms with Gasteiger partial charge in [0, 0.05) is 25.3 Å². The molecule has 2 aromatic heterocycles. The molecule has 3 heterocycles. The van der Waals surface area contributed by atoms with Gasteiger partial charge in [-0.15, -0.1) is 0 Å². The Morgan fingerprint density at radius 3 is 2.66 bits per heavy atom. The molecule has 1 aromatic carbocycles. The zero-order valence-corrected chi connectivity index (χ0v) is 17.0. The average Bonchev–Trinajstić information content (AvgIpc) is 2.71. The second-order valence-electron chi connectivity index (χ2n) is 7.42. The summed E-state index contributed by atoms with van der Waals surface area (Å²) >= 11 is 0. The minimum atomic E-state index is -0.302. The van der Waals surface area contributed by atoms with Crippen molar-refractivity contribution in [2.75, 3.05) is 31.2 Å². The molecule has 7 heteroatoms. The van der Waals surface area contributed by atoms with E-state index in [0.717, 1.165) is 46.7 Å². The molecule has 1 aliphatic heterocycles. The molecule has 29 heavy (non-hydrogen) atoms. The predicted octanol–water partition coefficient (Wildman–Crippen LogP) is 2.72. The van der Waals surface area contributed by atoms with E-state index in [1.54, 1.807) is 0 Å². The van der Waals surface area contributed by atoms with Crippen molar-refractivity contribution >= 4 is 22.8 Å². The summed E-state index contributed by atoms with van der Waals surface area (Å²) in [6.07, 6.45) is 0. The van der Waals surface area contributed by atoms with E-state index in [0.29, 0.717) is 25.4 Å². The smallest absolute Gasteiger partial charge is 0.289 e. The fraction of sp³-hybridized carbons (Fsp3) is 0.364. The second kappa shape index (κ2) is 8.13. The van der Waals surface area contributed by atoms with Crippen molar-refractivity contribution in [1.82, 2.24) is 20.3 Å². The Kier molecular flexibility index (Phi) is 5.40. The van der Waals surface area contributed by atoms with Crippen molar-refractivity contribution < 1.29 is 9.53 Å². The van der Waals surface area contributed by atoms with Crippen LogP contribution in [0.4, 0.5) is 5.82 Å². The van der Waals surface area contributed by atoms with Gasteiger partial charge in [-0.3, -0.25) is 4.79 Å². The molecule has 1 aliphatic rings. The van der Waals surface area contributed by atoms with E-state index < -0.39 is 0 Å². The van der Waals surface area contributed by atoms with Crippen molar-refractivity contribution in [3.63, 3.8) is 0 Å². The van der Waals surface area contributed by atoms with Crippen molar-refractivity contribution in [2.24, 2.45) is 0 Å². The number of benzene rings is 1. The van der Waals surface area contributed by atoms with E-state index in [-0.39, 0.29) is 11.7 Å². The van der Waals surface area contributed by atoms with Gasteiger partial charge in [0.25, 0.3) is 5.91 Å². The Hall–Kier alpha value is -3.06. The predicted molar refractivity (Wildman–Crippen MR) is 112 cm³/mol. The Morgan fingerprint density at radius 2 is 1.90 bits per heavy atom. The first-order chi connectivity index (χ1) is 14.0. The van der Waals surface area contributed by atoms with Gasteiger partial charge in [-0.2, -0.15) is 0 Å². The van der Waals surface area contributed by atoms with Crippen molar-refractivity contribution in [2.45, 2.75) is 27.3 Å². The number of hydrogen-bond donors (Lipinski definition) is 1. The third-order valence-electron chi connectivity index (χ3n) is 5.02. The molecule has 0 atom stereocenters. The maximum absolute atomic E-state index is 12.8. The normalized spacial score (nSPS) is 14.2. The quantitative estimate of drug-likeness (QED) is 0.737. The van der Waals surface area contributed by atoms with Crippen LogP contribution >= 0.6 is 0 Å². The number of morpholine rings is 1. The summed E-state index contributed by atoms with van der Waals surface area (Å²) in [5.74, 6) is 0.594. The Morgan fingerprint density at radius 1 is 1.10 bits per heavy atom. The molecule has 1 saturated heterocycles. The summed E-state index contributed by atoms with van der Waals surface area (Å²) in [4.78, 5) is 28.7. The van der Waals surface area contributed by atoms with Crippen molar-refractivity contribution in [3.8, 4) is 0 Å². The second-order valence-corrected chi connectivity index (χ2v) is 7.42. The van der Waals surface area contributed by atoms with E-state index in [1.165, 1.54) is 0 Å². The van der Waals surface area contributed by atoms with Crippen LogP contribution in [0.25, 0.3) is 11.0 Å². The molecule has 150 valence electrons. The van der Waals surface area contributed by atoms with Crippen LogP contribution in [-0.4, -0.2) is 47.2 Å². The van der Waals surface area contributed by atoms with Crippen molar-refractivity contribution in [3.05, 3.63) is 58.5 Å². The van der Waals surface area contributed by atoms with Gasteiger partial charge in [-0.05, 0) is 38.0 Å². The fourth-order valence-electron chi connectivity index (χ4n) is 3.64. The van der Waals surface area contributed by atoms with Crippen molar-refractivity contribution in [1.29, 1.82) is 0 Å². The first-order valence-electron chi connectivity index (χ1n) is 9.84. The van der Waals surface area contributed by atoms with E-state index in [9.17, 15) is 4.79 Å². The van der Waals surface area contributed by atoms with Crippen LogP contribution in [0.5, 0.6) is 0 Å². The van der Waals surface area contributed by atoms with E-state index >= 15 is 0 Å². The van der Waals surface area contributed by atoms with Gasteiger partial charge in [0.05, 0.1) is 18.6 Å². The maximum atomic E-state index is 12.8. The lowest BCUT2D eigenvalue weighted by Crippen LogP contribution is -2.37. The number of aromatic nitrogens is 3. The molecule has 1 N–H and O–H groups in total. The van der Waals surface area contributed by atoms with Crippen LogP contribution in [0.3, 0.4) is 0 Å². The first-order valence-corrected chi connectivity index (χ1v) is 9.84. The number of nitrogens with one attached hydrogen (secondary N) is 1. The molecule has 0 spiro atoms. The lowest BCUT2D eigenvalue weighted by atomic mass is 10.1. The highest BCUT2D eigenvalue weighted by molar-refractivity contribution is 5.96. The molecule has 1 fully saturated rings. The number of nitrogens with zero attached hydrogens (tertiary/aromatic N) is 4. The summed E-state index contributed by atoms with van der Waals surface area (Å²) in [5.41, 5.74) is 4.67. The van der Waals surface area contributed by atoms with E-state index in [2.05, 4.69) is 31.2 Å². The van der Waals surface area contributed by atoms with Crippen LogP contribution in [-0.2, 0) is 11.3 Å². The maximum Gasteiger partial charge on any atom is 0.289 e. The van der Waals surface area contributed by atoms with E-state index in [4.69, 9.17) is 4.74 Å². The highest BCUT2D eigenvalue weighted by atomic mass is 16.5. The van der Waals surface area contributed by atoms with Gasteiger partial charge in [0.2, 0.25) is 5.82 Å². The minimum Gasteiger partial charge on any atom is -0.378 e. The molecule has 4 rings (SSSR count). The summed E-state index contributed by atoms with van der Waals surface area (Å²) in [6.45, 7) is 9.14. The molecule has 0 unspecified atom stereocenters. The summed E-state index contributed by atoms with van der Waals surface area (Å²) in [6, 6.07) is 10.1. The van der Waals surface area contributed by atoms with Gasteiger partial charge < -0.3 is 15.0 Å². The highest BCUT2D eigenvalue weighted by Crippen LogP contribution is 2.27. The van der Waals surface area contributed by atoms with Crippen LogP contribution in [0, 0.1) is 20.8 Å². The summed E-state index contributed by atoms with van der Waals surface area (Å²) < 4.78 is 5.48.